The summed E-state index contributed by atoms with van der Waals surface area (Å²) in [5.41, 5.74) is 2.14. The van der Waals surface area contributed by atoms with Gasteiger partial charge in [0.2, 0.25) is 17.8 Å². The first-order valence-corrected chi connectivity index (χ1v) is 12.3. The molecular formula is C26H33FN6O4. The van der Waals surface area contributed by atoms with Gasteiger partial charge in [-0.3, -0.25) is 14.6 Å². The van der Waals surface area contributed by atoms with E-state index in [1.54, 1.807) is 7.11 Å². The zero-order chi connectivity index (χ0) is 26.5. The highest BCUT2D eigenvalue weighted by Gasteiger charge is 2.39. The maximum atomic E-state index is 14.4. The molecule has 2 unspecified atom stereocenters. The molecule has 3 heterocycles. The predicted octanol–water partition coefficient (Wildman–Crippen LogP) is 2.98. The van der Waals surface area contributed by atoms with Crippen LogP contribution >= 0.6 is 0 Å². The third-order valence-corrected chi connectivity index (χ3v) is 6.84. The Hall–Kier alpha value is -3.57. The average molecular weight is 513 g/mol. The van der Waals surface area contributed by atoms with E-state index in [9.17, 15) is 14.0 Å². The molecule has 37 heavy (non-hydrogen) atoms. The molecule has 2 aliphatic rings. The molecule has 2 amide bonds. The molecule has 2 aliphatic heterocycles. The minimum atomic E-state index is -0.756. The Morgan fingerprint density at radius 3 is 2.59 bits per heavy atom. The second-order valence-corrected chi connectivity index (χ2v) is 9.24. The lowest BCUT2D eigenvalue weighted by atomic mass is 10.1. The van der Waals surface area contributed by atoms with Crippen LogP contribution in [-0.2, 0) is 20.8 Å². The molecule has 1 N–H and O–H groups in total. The molecule has 10 nitrogen and oxygen atoms in total. The van der Waals surface area contributed by atoms with Crippen molar-refractivity contribution in [2.75, 3.05) is 50.1 Å². The predicted molar refractivity (Wildman–Crippen MR) is 137 cm³/mol. The van der Waals surface area contributed by atoms with E-state index >= 15 is 0 Å². The Morgan fingerprint density at radius 2 is 1.95 bits per heavy atom. The first kappa shape index (κ1) is 26.5. The van der Waals surface area contributed by atoms with E-state index in [0.717, 1.165) is 36.8 Å². The van der Waals surface area contributed by atoms with Crippen molar-refractivity contribution >= 4 is 23.8 Å². The summed E-state index contributed by atoms with van der Waals surface area (Å²) in [5.74, 6) is -0.594. The van der Waals surface area contributed by atoms with Crippen LogP contribution in [-0.4, -0.2) is 83.8 Å². The molecule has 198 valence electrons. The molecule has 11 heteroatoms. The maximum Gasteiger partial charge on any atom is 0.416 e. The largest absolute Gasteiger partial charge is 0.447 e. The first-order chi connectivity index (χ1) is 17.8. The van der Waals surface area contributed by atoms with Crippen molar-refractivity contribution in [2.24, 2.45) is 0 Å². The third-order valence-electron chi connectivity index (χ3n) is 6.84. The number of piperazine rings is 1. The van der Waals surface area contributed by atoms with Crippen molar-refractivity contribution in [3.05, 3.63) is 60.1 Å². The van der Waals surface area contributed by atoms with Gasteiger partial charge >= 0.3 is 6.09 Å². The average Bonchev–Trinajstić information content (AvgIpc) is 3.29. The zero-order valence-electron chi connectivity index (χ0n) is 21.4. The van der Waals surface area contributed by atoms with E-state index in [-0.39, 0.29) is 36.4 Å². The van der Waals surface area contributed by atoms with Gasteiger partial charge in [0.1, 0.15) is 18.5 Å². The topological polar surface area (TPSA) is 100 Å². The number of hydrogen-bond donors (Lipinski definition) is 1. The molecule has 3 atom stereocenters. The normalized spacial score (nSPS) is 19.9. The number of rotatable bonds is 9. The molecular weight excluding hydrogens is 479 g/mol. The number of benzene rings is 1. The highest BCUT2D eigenvalue weighted by Crippen LogP contribution is 2.26. The van der Waals surface area contributed by atoms with Crippen LogP contribution < -0.4 is 10.2 Å². The van der Waals surface area contributed by atoms with Crippen LogP contribution in [0, 0.1) is 5.95 Å². The number of methoxy groups -OCH3 is 1. The Bertz CT molecular complexity index is 1120. The molecule has 0 bridgehead atoms. The van der Waals surface area contributed by atoms with Crippen molar-refractivity contribution < 1.29 is 23.5 Å². The van der Waals surface area contributed by atoms with E-state index in [4.69, 9.17) is 9.47 Å². The van der Waals surface area contributed by atoms with Gasteiger partial charge in [-0.15, -0.1) is 0 Å². The summed E-state index contributed by atoms with van der Waals surface area (Å²) in [5, 5.41) is 3.13. The highest BCUT2D eigenvalue weighted by molar-refractivity contribution is 5.89. The summed E-state index contributed by atoms with van der Waals surface area (Å²) in [7, 11) is 1.54. The van der Waals surface area contributed by atoms with Crippen LogP contribution in [0.1, 0.15) is 31.0 Å². The van der Waals surface area contributed by atoms with Gasteiger partial charge in [-0.25, -0.2) is 4.79 Å². The number of nitrogens with zero attached hydrogens (tertiary/aromatic N) is 5. The van der Waals surface area contributed by atoms with Crippen LogP contribution in [0.25, 0.3) is 0 Å². The molecule has 2 fully saturated rings. The fourth-order valence-electron chi connectivity index (χ4n) is 4.50. The Morgan fingerprint density at radius 1 is 1.24 bits per heavy atom. The fourth-order valence-corrected chi connectivity index (χ4v) is 4.50. The summed E-state index contributed by atoms with van der Waals surface area (Å²) in [6, 6.07) is 8.62. The summed E-state index contributed by atoms with van der Waals surface area (Å²) in [4.78, 5) is 37.8. The fraction of sp³-hybridized carbons (Fsp3) is 0.462. The molecule has 2 saturated heterocycles. The van der Waals surface area contributed by atoms with E-state index < -0.39 is 18.1 Å². The number of hydrogen-bond acceptors (Lipinski definition) is 8. The van der Waals surface area contributed by atoms with Gasteiger partial charge < -0.3 is 19.7 Å². The van der Waals surface area contributed by atoms with Crippen molar-refractivity contribution in [1.82, 2.24) is 19.8 Å². The molecule has 1 aromatic heterocycles. The number of ether oxygens (including phenoxy) is 2. The van der Waals surface area contributed by atoms with Crippen LogP contribution in [0.5, 0.6) is 0 Å². The third kappa shape index (κ3) is 6.23. The monoisotopic (exact) mass is 512 g/mol. The summed E-state index contributed by atoms with van der Waals surface area (Å²) in [6.45, 7) is 11.2. The van der Waals surface area contributed by atoms with Crippen LogP contribution in [0.15, 0.2) is 43.0 Å². The highest BCUT2D eigenvalue weighted by atomic mass is 19.1. The Balaban J connectivity index is 1.39. The van der Waals surface area contributed by atoms with Crippen LogP contribution in [0.3, 0.4) is 0 Å². The molecule has 0 spiro atoms. The number of aromatic nitrogens is 2. The smallest absolute Gasteiger partial charge is 0.416 e. The van der Waals surface area contributed by atoms with Gasteiger partial charge in [0.25, 0.3) is 0 Å². The van der Waals surface area contributed by atoms with Gasteiger partial charge in [-0.2, -0.15) is 14.4 Å². The molecule has 0 radical (unpaired) electrons. The number of halogens is 1. The Kier molecular flexibility index (Phi) is 8.34. The lowest BCUT2D eigenvalue weighted by Gasteiger charge is -2.34. The van der Waals surface area contributed by atoms with E-state index in [0.29, 0.717) is 13.1 Å². The lowest BCUT2D eigenvalue weighted by molar-refractivity contribution is -0.127. The molecule has 4 rings (SSSR count). The van der Waals surface area contributed by atoms with Crippen molar-refractivity contribution in [1.29, 1.82) is 0 Å². The number of amides is 2. The second kappa shape index (κ2) is 11.7. The molecule has 0 saturated carbocycles. The van der Waals surface area contributed by atoms with Gasteiger partial charge in [0, 0.05) is 45.9 Å². The van der Waals surface area contributed by atoms with Gasteiger partial charge in [0.05, 0.1) is 12.1 Å². The van der Waals surface area contributed by atoms with E-state index in [1.165, 1.54) is 11.0 Å². The quantitative estimate of drug-likeness (QED) is 0.404. The molecule has 0 aliphatic carbocycles. The molecule has 1 aromatic carbocycles. The van der Waals surface area contributed by atoms with Crippen molar-refractivity contribution in [3.63, 3.8) is 0 Å². The molecule has 2 aromatic rings. The summed E-state index contributed by atoms with van der Waals surface area (Å²) in [6.07, 6.45) is 0.435. The summed E-state index contributed by atoms with van der Waals surface area (Å²) < 4.78 is 24.9. The summed E-state index contributed by atoms with van der Waals surface area (Å²) >= 11 is 0. The van der Waals surface area contributed by atoms with Crippen molar-refractivity contribution in [3.8, 4) is 0 Å². The minimum Gasteiger partial charge on any atom is -0.447 e. The Labute approximate surface area is 216 Å². The number of nitrogens with one attached hydrogen (secondary N) is 1. The number of carbonyl (C=O) groups excluding carboxylic acids is 2. The SMILES string of the molecule is C=CC(=O)N1CCN(Cc2ccc(C(C)Nc3nc(F)cc(N4C(=O)OC[C@@H]4C(C)OC)n3)cc2)CC1. The van der Waals surface area contributed by atoms with Gasteiger partial charge in [-0.1, -0.05) is 30.8 Å². The van der Waals surface area contributed by atoms with Gasteiger partial charge in [-0.05, 0) is 31.1 Å². The maximum absolute atomic E-state index is 14.4. The zero-order valence-corrected chi connectivity index (χ0v) is 21.4. The number of carbonyl (C=O) groups is 2. The van der Waals surface area contributed by atoms with Gasteiger partial charge in [0.15, 0.2) is 0 Å². The van der Waals surface area contributed by atoms with E-state index in [2.05, 4.69) is 38.9 Å². The number of cyclic esters (lactones) is 1. The van der Waals surface area contributed by atoms with Crippen LogP contribution in [0.2, 0.25) is 0 Å². The second-order valence-electron chi connectivity index (χ2n) is 9.24. The van der Waals surface area contributed by atoms with Crippen molar-refractivity contribution in [2.45, 2.75) is 38.6 Å². The lowest BCUT2D eigenvalue weighted by Crippen LogP contribution is -2.47. The number of anilines is 2. The first-order valence-electron chi connectivity index (χ1n) is 12.3. The van der Waals surface area contributed by atoms with E-state index in [1.807, 2.05) is 30.9 Å². The minimum absolute atomic E-state index is 0.0235. The standard InChI is InChI=1S/C26H33FN6O4/c1-5-24(34)32-12-10-31(11-13-32)15-19-6-8-20(9-7-19)17(2)28-25-29-22(27)14-23(30-25)33-21(18(3)36-4)16-37-26(33)35/h5-9,14,17-18,21H,1,10-13,15-16H2,2-4H3,(H,28,29,30)/t17?,18?,21-/m1/s1. The van der Waals surface area contributed by atoms with Crippen LogP contribution in [0.4, 0.5) is 21.0 Å².